The SMILES string of the molecule is C=C[C@H]1C[C@]1(NC(=O)[C@@H]1C[C@@H](Oc2cc(-c3ccccn3)c3ccc4c(c3n2)CCO4)CN1C(=O)[C@@H](CC(=O)N1CCCCC1)C(C)(C)C)C(=O)NS(=O)(=O)C1CC1. The number of nitrogens with one attached hydrogen (secondary N) is 2. The number of sulfonamides is 1. The molecule has 3 aliphatic heterocycles. The Hall–Kier alpha value is -5.05. The minimum atomic E-state index is -3.90. The van der Waals surface area contributed by atoms with E-state index in [0.29, 0.717) is 39.0 Å². The van der Waals surface area contributed by atoms with Crippen molar-refractivity contribution in [3.63, 3.8) is 0 Å². The zero-order chi connectivity index (χ0) is 41.0. The van der Waals surface area contributed by atoms with E-state index < -0.39 is 62.0 Å². The number of pyridine rings is 2. The number of amides is 4. The molecule has 2 aliphatic carbocycles. The Bertz CT molecular complexity index is 2250. The van der Waals surface area contributed by atoms with Crippen molar-refractivity contribution in [1.82, 2.24) is 29.8 Å². The third-order valence-electron chi connectivity index (χ3n) is 12.4. The zero-order valence-electron chi connectivity index (χ0n) is 33.4. The Balaban J connectivity index is 1.11. The number of fused-ring (bicyclic) bond motifs is 3. The fraction of sp³-hybridized carbons (Fsp3) is 0.535. The molecule has 58 heavy (non-hydrogen) atoms. The predicted octanol–water partition coefficient (Wildman–Crippen LogP) is 4.31. The van der Waals surface area contributed by atoms with E-state index in [1.807, 2.05) is 62.1 Å². The Morgan fingerprint density at radius 2 is 1.88 bits per heavy atom. The summed E-state index contributed by atoms with van der Waals surface area (Å²) in [6, 6.07) is 10.3. The summed E-state index contributed by atoms with van der Waals surface area (Å²) in [4.78, 5) is 69.6. The van der Waals surface area contributed by atoms with Crippen LogP contribution in [0.2, 0.25) is 0 Å². The minimum Gasteiger partial charge on any atom is -0.493 e. The van der Waals surface area contributed by atoms with Crippen LogP contribution < -0.4 is 19.5 Å². The van der Waals surface area contributed by atoms with Gasteiger partial charge in [0.05, 0.1) is 35.5 Å². The van der Waals surface area contributed by atoms with Gasteiger partial charge >= 0.3 is 0 Å². The maximum atomic E-state index is 14.9. The number of rotatable bonds is 12. The van der Waals surface area contributed by atoms with Crippen LogP contribution in [0, 0.1) is 17.3 Å². The molecule has 2 saturated heterocycles. The summed E-state index contributed by atoms with van der Waals surface area (Å²) in [7, 11) is -3.90. The number of benzene rings is 1. The van der Waals surface area contributed by atoms with Crippen molar-refractivity contribution in [2.24, 2.45) is 17.3 Å². The van der Waals surface area contributed by atoms with E-state index in [-0.39, 0.29) is 43.5 Å². The van der Waals surface area contributed by atoms with Crippen molar-refractivity contribution in [3.05, 3.63) is 60.8 Å². The second kappa shape index (κ2) is 15.3. The molecule has 3 aromatic rings. The first-order valence-corrected chi connectivity index (χ1v) is 22.0. The second-order valence-corrected chi connectivity index (χ2v) is 19.4. The standard InChI is InChI=1S/C43H52N6O8S/c1-5-26-24-43(26,41(53)47-58(54,55)28-12-13-28)46-39(51)34-21-27(25-49(34)40(52)32(42(2,3)4)23-37(50)48-18-9-6-10-19-48)57-36-22-31(33-11-7-8-17-44-33)29-14-15-35-30(16-20-56-35)38(29)45-36/h5,7-8,11,14-15,17,22,26-28,32,34H,1,6,9-10,12-13,16,18-21,23-25H2,2-4H3,(H,46,51)(H,47,53)/t26-,27+,32+,34-,43+/m0/s1. The van der Waals surface area contributed by atoms with Gasteiger partial charge in [0, 0.05) is 67.0 Å². The molecule has 2 N–H and O–H groups in total. The van der Waals surface area contributed by atoms with Crippen LogP contribution in [0.3, 0.4) is 0 Å². The van der Waals surface area contributed by atoms with E-state index in [2.05, 4.69) is 21.6 Å². The van der Waals surface area contributed by atoms with Gasteiger partial charge in [-0.25, -0.2) is 13.4 Å². The first-order valence-electron chi connectivity index (χ1n) is 20.4. The number of piperidine rings is 1. The van der Waals surface area contributed by atoms with Gasteiger partial charge in [0.25, 0.3) is 5.91 Å². The first kappa shape index (κ1) is 39.8. The third-order valence-corrected chi connectivity index (χ3v) is 14.2. The number of hydrogen-bond donors (Lipinski definition) is 2. The lowest BCUT2D eigenvalue weighted by Crippen LogP contribution is -2.57. The first-order chi connectivity index (χ1) is 27.7. The summed E-state index contributed by atoms with van der Waals surface area (Å²) in [5, 5.41) is 3.11. The maximum absolute atomic E-state index is 14.9. The monoisotopic (exact) mass is 812 g/mol. The summed E-state index contributed by atoms with van der Waals surface area (Å²) in [6.07, 6.45) is 7.23. The maximum Gasteiger partial charge on any atom is 0.259 e. The van der Waals surface area contributed by atoms with Crippen molar-refractivity contribution >= 4 is 44.6 Å². The molecule has 0 bridgehead atoms. The van der Waals surface area contributed by atoms with E-state index in [1.165, 1.54) is 11.0 Å². The molecule has 5 atom stereocenters. The van der Waals surface area contributed by atoms with Crippen LogP contribution in [0.4, 0.5) is 0 Å². The van der Waals surface area contributed by atoms with Crippen LogP contribution in [0.15, 0.2) is 55.3 Å². The minimum absolute atomic E-state index is 0.0101. The molecule has 14 nitrogen and oxygen atoms in total. The molecule has 0 spiro atoms. The lowest BCUT2D eigenvalue weighted by atomic mass is 9.77. The van der Waals surface area contributed by atoms with Crippen molar-refractivity contribution < 1.29 is 37.1 Å². The lowest BCUT2D eigenvalue weighted by Gasteiger charge is -2.36. The van der Waals surface area contributed by atoms with Gasteiger partial charge in [-0.05, 0) is 68.2 Å². The number of aromatic nitrogens is 2. The van der Waals surface area contributed by atoms with Crippen LogP contribution in [0.25, 0.3) is 22.2 Å². The molecular weight excluding hydrogens is 761 g/mol. The summed E-state index contributed by atoms with van der Waals surface area (Å²) in [5.41, 5.74) is 1.01. The molecular formula is C43H52N6O8S. The number of ether oxygens (including phenoxy) is 2. The lowest BCUT2D eigenvalue weighted by molar-refractivity contribution is -0.148. The zero-order valence-corrected chi connectivity index (χ0v) is 34.2. The van der Waals surface area contributed by atoms with Crippen LogP contribution in [-0.2, 0) is 35.6 Å². The van der Waals surface area contributed by atoms with Gasteiger partial charge in [0.1, 0.15) is 23.4 Å². The summed E-state index contributed by atoms with van der Waals surface area (Å²) in [6.45, 7) is 11.4. The van der Waals surface area contributed by atoms with Gasteiger partial charge in [0.15, 0.2) is 0 Å². The molecule has 2 saturated carbocycles. The molecule has 5 heterocycles. The highest BCUT2D eigenvalue weighted by atomic mass is 32.2. The number of carbonyl (C=O) groups excluding carboxylic acids is 4. The average Bonchev–Trinajstić information content (AvgIpc) is 4.09. The highest BCUT2D eigenvalue weighted by Crippen LogP contribution is 2.46. The largest absolute Gasteiger partial charge is 0.493 e. The highest BCUT2D eigenvalue weighted by Gasteiger charge is 2.62. The summed E-state index contributed by atoms with van der Waals surface area (Å²) >= 11 is 0. The van der Waals surface area contributed by atoms with Crippen LogP contribution in [0.5, 0.6) is 11.6 Å². The smallest absolute Gasteiger partial charge is 0.259 e. The Labute approximate surface area is 339 Å². The Kier molecular flexibility index (Phi) is 10.5. The molecule has 5 aliphatic rings. The fourth-order valence-corrected chi connectivity index (χ4v) is 10.1. The van der Waals surface area contributed by atoms with Crippen molar-refractivity contribution in [3.8, 4) is 22.9 Å². The molecule has 0 unspecified atom stereocenters. The number of likely N-dealkylation sites (tertiary alicyclic amines) is 2. The quantitative estimate of drug-likeness (QED) is 0.251. The van der Waals surface area contributed by atoms with Gasteiger partial charge in [0.2, 0.25) is 33.6 Å². The van der Waals surface area contributed by atoms with Crippen molar-refractivity contribution in [1.29, 1.82) is 0 Å². The normalized spacial score (nSPS) is 24.7. The van der Waals surface area contributed by atoms with Gasteiger partial charge < -0.3 is 24.6 Å². The van der Waals surface area contributed by atoms with Gasteiger partial charge in [-0.15, -0.1) is 6.58 Å². The van der Waals surface area contributed by atoms with E-state index in [4.69, 9.17) is 14.5 Å². The molecule has 15 heteroatoms. The van der Waals surface area contributed by atoms with Crippen LogP contribution in [-0.4, -0.2) is 101 Å². The number of hydrogen-bond acceptors (Lipinski definition) is 10. The van der Waals surface area contributed by atoms with Crippen molar-refractivity contribution in [2.75, 3.05) is 26.2 Å². The predicted molar refractivity (Wildman–Crippen MR) is 216 cm³/mol. The highest BCUT2D eigenvalue weighted by molar-refractivity contribution is 7.91. The van der Waals surface area contributed by atoms with Crippen LogP contribution >= 0.6 is 0 Å². The average molecular weight is 813 g/mol. The molecule has 2 aromatic heterocycles. The van der Waals surface area contributed by atoms with Gasteiger partial charge in [-0.1, -0.05) is 32.9 Å². The van der Waals surface area contributed by atoms with E-state index in [0.717, 1.165) is 52.7 Å². The van der Waals surface area contributed by atoms with Gasteiger partial charge in [-0.2, -0.15) is 0 Å². The summed E-state index contributed by atoms with van der Waals surface area (Å²) in [5.74, 6) is -2.14. The number of carbonyl (C=O) groups is 4. The van der Waals surface area contributed by atoms with Crippen LogP contribution in [0.1, 0.15) is 77.7 Å². The molecule has 4 amide bonds. The Morgan fingerprint density at radius 1 is 1.10 bits per heavy atom. The molecule has 308 valence electrons. The number of nitrogens with zero attached hydrogens (tertiary/aromatic N) is 4. The topological polar surface area (TPSA) is 177 Å². The van der Waals surface area contributed by atoms with E-state index in [9.17, 15) is 27.6 Å². The molecule has 4 fully saturated rings. The fourth-order valence-electron chi connectivity index (χ4n) is 8.72. The third kappa shape index (κ3) is 7.76. The van der Waals surface area contributed by atoms with Gasteiger partial charge in [-0.3, -0.25) is 28.9 Å². The molecule has 1 aromatic carbocycles. The molecule has 0 radical (unpaired) electrons. The second-order valence-electron chi connectivity index (χ2n) is 17.5. The molecule has 8 rings (SSSR count). The van der Waals surface area contributed by atoms with Crippen molar-refractivity contribution in [2.45, 2.75) is 101 Å². The van der Waals surface area contributed by atoms with E-state index in [1.54, 1.807) is 6.20 Å². The van der Waals surface area contributed by atoms with E-state index >= 15 is 0 Å². The Morgan fingerprint density at radius 3 is 2.55 bits per heavy atom. The summed E-state index contributed by atoms with van der Waals surface area (Å²) < 4.78 is 40.3.